The summed E-state index contributed by atoms with van der Waals surface area (Å²) in [6, 6.07) is 50.4. The Bertz CT molecular complexity index is 6840. The van der Waals surface area contributed by atoms with E-state index in [1.807, 2.05) is 184 Å². The molecule has 30 heteroatoms. The van der Waals surface area contributed by atoms with Crippen molar-refractivity contribution in [3.63, 3.8) is 0 Å². The van der Waals surface area contributed by atoms with Crippen LogP contribution in [0.1, 0.15) is 236 Å². The van der Waals surface area contributed by atoms with Crippen LogP contribution < -0.4 is 4.74 Å². The summed E-state index contributed by atoms with van der Waals surface area (Å²) in [4.78, 5) is 122. The molecule has 4 aliphatic carbocycles. The second-order valence-electron chi connectivity index (χ2n) is 40.6. The van der Waals surface area contributed by atoms with Crippen molar-refractivity contribution in [1.29, 1.82) is 0 Å². The van der Waals surface area contributed by atoms with Gasteiger partial charge < -0.3 is 56.5 Å². The SMILES string of the molecule is CC(C)CCN(Cc1nc2cccnc2n1CC1CC1)C(=O)Cc1ccccc1F.CCCN(Cc1nc2cccnc2n1CC1CC1)C(=O)c1cccc(I)c1.CCCn1c(CN(CCC(C)C)C(=O)c2cccc(Cl)c2)nc2cccnc21.COc1cccc(CC(=O)N(CCC(C)C)Cc2nc3cccnc3n2CC2CC2)c1.Cc1cc(C(=O)N(Cc2nc3cccnc3n2CC2CC2)CC(C)C)oc1C. The van der Waals surface area contributed by atoms with Crippen molar-refractivity contribution in [2.75, 3.05) is 39.8 Å². The third-order valence-electron chi connectivity index (χ3n) is 26.5. The van der Waals surface area contributed by atoms with Crippen molar-refractivity contribution in [3.8, 4) is 5.75 Å². The van der Waals surface area contributed by atoms with Gasteiger partial charge in [0.25, 0.3) is 17.7 Å². The van der Waals surface area contributed by atoms with E-state index in [2.05, 4.69) is 140 Å². The number of halogens is 3. The van der Waals surface area contributed by atoms with Gasteiger partial charge in [0.15, 0.2) is 34.0 Å². The molecule has 0 radical (unpaired) electrons. The molecule has 0 atom stereocenters. The number of rotatable bonds is 41. The molecule has 4 fully saturated rings. The zero-order chi connectivity index (χ0) is 102. The standard InChI is InChI=1S/C25H32N4O2.C24H29FN4O.C22H27ClN4O.C22H28N4O2.C21H23IN4O/c1-18(2)11-13-28(24(30)15-20-6-4-7-21(14-20)31-3)17-23-27-22-8-5-12-26-25(22)29(23)16-19-9-10-19;1-17(2)11-13-28(23(30)14-19-6-3-4-7-20(19)25)16-22-27-21-8-5-12-26-24(21)29(22)15-18-9-10-18;1-4-12-27-20(25-19-9-6-11-24-21(19)27)15-26(13-10-16(2)3)22(28)17-7-5-8-18(23)14-17;1-14(2)11-25(22(27)19-10-15(3)16(4)28-19)13-20-24-18-6-5-9-23-21(18)26(20)12-17-7-8-17;1-2-11-25(21(27)16-5-3-6-17(22)12-16)14-19-24-18-7-4-10-23-20(18)26(19)13-15-8-9-15/h4-8,12,14,18-19H,9-11,13,15-17H2,1-3H3;3-8,12,17-18H,9-11,13-16H2,1-2H3;5-9,11,14,16H,4,10,12-13,15H2,1-3H3;5-6,9-10,14,17H,7-8,11-13H2,1-4H3;3-7,10,12,15H,2,8-9,11,13-14H2,1H3. The summed E-state index contributed by atoms with van der Waals surface area (Å²) in [6.07, 6.45) is 24.2. The molecule has 27 nitrogen and oxygen atoms in total. The fraction of sp³-hybridized carbons (Fsp3) is 0.447. The zero-order valence-corrected chi connectivity index (χ0v) is 88.7. The van der Waals surface area contributed by atoms with Crippen molar-refractivity contribution < 1.29 is 37.5 Å². The number of nitrogens with zero attached hydrogens (tertiary/aromatic N) is 20. The van der Waals surface area contributed by atoms with Crippen molar-refractivity contribution >= 4 is 120 Å². The van der Waals surface area contributed by atoms with E-state index in [0.29, 0.717) is 135 Å². The molecule has 4 aromatic carbocycles. The summed E-state index contributed by atoms with van der Waals surface area (Å²) in [5, 5.41) is 0.567. The van der Waals surface area contributed by atoms with Crippen molar-refractivity contribution in [3.05, 3.63) is 278 Å². The lowest BCUT2D eigenvalue weighted by molar-refractivity contribution is -0.132. The van der Waals surface area contributed by atoms with E-state index in [1.165, 1.54) is 57.4 Å². The molecule has 19 rings (SSSR count). The molecule has 758 valence electrons. The number of fused-ring (bicyclic) bond motifs is 5. The van der Waals surface area contributed by atoms with Crippen LogP contribution in [0, 0.1) is 70.6 Å². The van der Waals surface area contributed by atoms with Crippen molar-refractivity contribution in [2.24, 2.45) is 47.3 Å². The minimum Gasteiger partial charge on any atom is -0.497 e. The van der Waals surface area contributed by atoms with Crippen LogP contribution in [0.4, 0.5) is 4.39 Å². The Morgan fingerprint density at radius 1 is 0.424 bits per heavy atom. The maximum atomic E-state index is 14.1. The van der Waals surface area contributed by atoms with Gasteiger partial charge in [0.1, 0.15) is 74.0 Å². The van der Waals surface area contributed by atoms with E-state index >= 15 is 0 Å². The average Bonchev–Trinajstić information content (AvgIpc) is 1.58. The molecule has 11 aromatic heterocycles. The van der Waals surface area contributed by atoms with Gasteiger partial charge in [-0.15, -0.1) is 0 Å². The van der Waals surface area contributed by atoms with E-state index in [1.54, 1.807) is 49.8 Å². The van der Waals surface area contributed by atoms with Crippen LogP contribution in [0.2, 0.25) is 5.02 Å². The number of hydrogen-bond donors (Lipinski definition) is 0. The number of hydrogen-bond acceptors (Lipinski definition) is 17. The number of methoxy groups -OCH3 is 1. The Kier molecular flexibility index (Phi) is 36.9. The highest BCUT2D eigenvalue weighted by Crippen LogP contribution is 2.38. The lowest BCUT2D eigenvalue weighted by Crippen LogP contribution is -2.34. The van der Waals surface area contributed by atoms with Crippen molar-refractivity contribution in [1.82, 2.24) is 97.2 Å². The van der Waals surface area contributed by atoms with Gasteiger partial charge >= 0.3 is 0 Å². The van der Waals surface area contributed by atoms with Crippen LogP contribution in [0.25, 0.3) is 55.8 Å². The van der Waals surface area contributed by atoms with E-state index in [-0.39, 0.29) is 41.8 Å². The predicted octanol–water partition coefficient (Wildman–Crippen LogP) is 23.1. The number of furan rings is 1. The minimum atomic E-state index is -0.333. The highest BCUT2D eigenvalue weighted by atomic mass is 127. The normalized spacial score (nSPS) is 13.4. The number of aromatic nitrogens is 15. The molecule has 0 bridgehead atoms. The van der Waals surface area contributed by atoms with Crippen LogP contribution in [0.5, 0.6) is 5.75 Å². The highest BCUT2D eigenvalue weighted by Gasteiger charge is 2.34. The minimum absolute atomic E-state index is 0.0220. The number of aryl methyl sites for hydroxylation is 3. The molecule has 5 amide bonds. The molecule has 0 saturated heterocycles. The summed E-state index contributed by atoms with van der Waals surface area (Å²) in [6.45, 7) is 35.6. The quantitative estimate of drug-likeness (QED) is 0.0322. The zero-order valence-electron chi connectivity index (χ0n) is 85.7. The Morgan fingerprint density at radius 3 is 1.20 bits per heavy atom. The monoisotopic (exact) mass is 2080 g/mol. The molecule has 144 heavy (non-hydrogen) atoms. The average molecular weight is 2080 g/mol. The summed E-state index contributed by atoms with van der Waals surface area (Å²) < 4.78 is 37.2. The lowest BCUT2D eigenvalue weighted by Gasteiger charge is -2.24. The molecule has 11 heterocycles. The van der Waals surface area contributed by atoms with Gasteiger partial charge in [-0.2, -0.15) is 0 Å². The molecule has 4 aliphatic rings. The van der Waals surface area contributed by atoms with Gasteiger partial charge in [-0.1, -0.05) is 123 Å². The summed E-state index contributed by atoms with van der Waals surface area (Å²) >= 11 is 8.35. The second kappa shape index (κ2) is 50.2. The van der Waals surface area contributed by atoms with Crippen LogP contribution in [-0.2, 0) is 87.9 Å². The van der Waals surface area contributed by atoms with Gasteiger partial charge in [-0.05, 0) is 305 Å². The van der Waals surface area contributed by atoms with E-state index in [4.69, 9.17) is 45.7 Å². The first-order valence-electron chi connectivity index (χ1n) is 51.5. The van der Waals surface area contributed by atoms with Crippen LogP contribution in [0.3, 0.4) is 0 Å². The number of ether oxygens (including phenoxy) is 1. The number of carbonyl (C=O) groups is 5. The Balaban J connectivity index is 0.000000136. The maximum Gasteiger partial charge on any atom is 0.289 e. The summed E-state index contributed by atoms with van der Waals surface area (Å²) in [5.41, 5.74) is 12.7. The number of amides is 5. The molecular weight excluding hydrogens is 1940 g/mol. The molecule has 0 N–H and O–H groups in total. The van der Waals surface area contributed by atoms with E-state index in [0.717, 1.165) is 188 Å². The number of benzene rings is 4. The fourth-order valence-electron chi connectivity index (χ4n) is 17.6. The molecular formula is C114H139ClFIN20O7. The van der Waals surface area contributed by atoms with Gasteiger partial charge in [0, 0.05) is 116 Å². The first-order valence-corrected chi connectivity index (χ1v) is 52.9. The van der Waals surface area contributed by atoms with Crippen LogP contribution in [-0.4, -0.2) is 167 Å². The Morgan fingerprint density at radius 2 is 0.812 bits per heavy atom. The maximum absolute atomic E-state index is 14.1. The smallest absolute Gasteiger partial charge is 0.289 e. The molecule has 15 aromatic rings. The van der Waals surface area contributed by atoms with Crippen LogP contribution in [0.15, 0.2) is 199 Å². The lowest BCUT2D eigenvalue weighted by atomic mass is 10.1. The molecule has 0 spiro atoms. The first-order chi connectivity index (χ1) is 69.6. The third-order valence-corrected chi connectivity index (χ3v) is 27.4. The number of imidazole rings is 5. The van der Waals surface area contributed by atoms with Crippen LogP contribution >= 0.6 is 34.2 Å². The van der Waals surface area contributed by atoms with E-state index < -0.39 is 0 Å². The Hall–Kier alpha value is -12.6. The van der Waals surface area contributed by atoms with Gasteiger partial charge in [0.05, 0.1) is 52.7 Å². The largest absolute Gasteiger partial charge is 0.497 e. The molecule has 0 unspecified atom stereocenters. The van der Waals surface area contributed by atoms with Gasteiger partial charge in [-0.25, -0.2) is 54.2 Å². The third kappa shape index (κ3) is 29.2. The Labute approximate surface area is 863 Å². The first kappa shape index (κ1) is 106. The van der Waals surface area contributed by atoms with Crippen molar-refractivity contribution in [2.45, 2.75) is 245 Å². The molecule has 4 saturated carbocycles. The summed E-state index contributed by atoms with van der Waals surface area (Å²) in [7, 11) is 1.65. The predicted molar refractivity (Wildman–Crippen MR) is 573 cm³/mol. The summed E-state index contributed by atoms with van der Waals surface area (Å²) in [5.74, 6) is 10.8. The second-order valence-corrected chi connectivity index (χ2v) is 42.3. The highest BCUT2D eigenvalue weighted by molar-refractivity contribution is 14.1. The molecule has 0 aliphatic heterocycles. The fourth-order valence-corrected chi connectivity index (χ4v) is 18.4. The van der Waals surface area contributed by atoms with Gasteiger partial charge in [-0.3, -0.25) is 24.0 Å². The van der Waals surface area contributed by atoms with E-state index in [9.17, 15) is 28.4 Å². The number of pyridine rings is 5. The number of carbonyl (C=O) groups excluding carboxylic acids is 5. The topological polar surface area (TPSA) is 277 Å². The van der Waals surface area contributed by atoms with Gasteiger partial charge in [0.2, 0.25) is 11.8 Å².